The highest BCUT2D eigenvalue weighted by Crippen LogP contribution is 2.37. The molecular formula is C18H18N2O2. The van der Waals surface area contributed by atoms with E-state index in [0.29, 0.717) is 12.1 Å². The molecule has 2 aromatic rings. The van der Waals surface area contributed by atoms with Gasteiger partial charge in [-0.1, -0.05) is 36.4 Å². The zero-order chi connectivity index (χ0) is 15.7. The van der Waals surface area contributed by atoms with Crippen LogP contribution in [0.1, 0.15) is 35.3 Å². The average Bonchev–Trinajstić information content (AvgIpc) is 2.75. The molecule has 0 spiro atoms. The summed E-state index contributed by atoms with van der Waals surface area (Å²) < 4.78 is 0. The van der Waals surface area contributed by atoms with Gasteiger partial charge in [0.05, 0.1) is 5.41 Å². The number of carbonyl (C=O) groups excluding carboxylic acids is 2. The van der Waals surface area contributed by atoms with Gasteiger partial charge in [-0.05, 0) is 37.1 Å². The topological polar surface area (TPSA) is 58.2 Å². The summed E-state index contributed by atoms with van der Waals surface area (Å²) in [5, 5.41) is 5.72. The molecule has 1 aliphatic heterocycles. The Labute approximate surface area is 129 Å². The maximum absolute atomic E-state index is 12.2. The van der Waals surface area contributed by atoms with Crippen LogP contribution in [0.2, 0.25) is 0 Å². The van der Waals surface area contributed by atoms with Crippen molar-refractivity contribution >= 4 is 17.5 Å². The third-order valence-electron chi connectivity index (χ3n) is 4.07. The van der Waals surface area contributed by atoms with Crippen LogP contribution in [0.3, 0.4) is 0 Å². The molecule has 0 aromatic heterocycles. The zero-order valence-corrected chi connectivity index (χ0v) is 12.6. The van der Waals surface area contributed by atoms with Gasteiger partial charge >= 0.3 is 0 Å². The first-order valence-corrected chi connectivity index (χ1v) is 7.26. The van der Waals surface area contributed by atoms with Crippen molar-refractivity contribution < 1.29 is 9.59 Å². The molecule has 0 atom stereocenters. The molecule has 0 fully saturated rings. The minimum atomic E-state index is -0.547. The summed E-state index contributed by atoms with van der Waals surface area (Å²) in [6.45, 7) is 4.24. The highest BCUT2D eigenvalue weighted by molar-refractivity contribution is 6.07. The maximum atomic E-state index is 12.2. The predicted octanol–water partition coefficient (Wildman–Crippen LogP) is 2.85. The fraction of sp³-hybridized carbons (Fsp3) is 0.222. The van der Waals surface area contributed by atoms with Gasteiger partial charge in [0.1, 0.15) is 0 Å². The van der Waals surface area contributed by atoms with Crippen molar-refractivity contribution in [3.05, 3.63) is 65.2 Å². The lowest BCUT2D eigenvalue weighted by Crippen LogP contribution is -2.26. The number of hydrogen-bond acceptors (Lipinski definition) is 2. The number of anilines is 1. The van der Waals surface area contributed by atoms with Crippen LogP contribution in [-0.2, 0) is 16.8 Å². The summed E-state index contributed by atoms with van der Waals surface area (Å²) in [6.07, 6.45) is 0. The van der Waals surface area contributed by atoms with E-state index in [9.17, 15) is 9.59 Å². The zero-order valence-electron chi connectivity index (χ0n) is 12.6. The minimum absolute atomic E-state index is 0.0376. The SMILES string of the molecule is CC1(C)C(=O)Nc2cc(C(=O)NCc3ccccc3)ccc21. The Morgan fingerprint density at radius 1 is 1.14 bits per heavy atom. The summed E-state index contributed by atoms with van der Waals surface area (Å²) in [7, 11) is 0. The molecule has 0 saturated heterocycles. The Kier molecular flexibility index (Phi) is 3.45. The maximum Gasteiger partial charge on any atom is 0.251 e. The van der Waals surface area contributed by atoms with E-state index >= 15 is 0 Å². The Hall–Kier alpha value is -2.62. The van der Waals surface area contributed by atoms with Crippen molar-refractivity contribution in [3.63, 3.8) is 0 Å². The summed E-state index contributed by atoms with van der Waals surface area (Å²) in [5.74, 6) is -0.185. The molecule has 2 amide bonds. The molecule has 0 unspecified atom stereocenters. The van der Waals surface area contributed by atoms with Gasteiger partial charge in [0, 0.05) is 17.8 Å². The number of amides is 2. The van der Waals surface area contributed by atoms with E-state index < -0.39 is 5.41 Å². The number of benzene rings is 2. The van der Waals surface area contributed by atoms with Gasteiger partial charge in [-0.2, -0.15) is 0 Å². The van der Waals surface area contributed by atoms with Gasteiger partial charge in [0.25, 0.3) is 5.91 Å². The number of hydrogen-bond donors (Lipinski definition) is 2. The van der Waals surface area contributed by atoms with Crippen molar-refractivity contribution in [2.75, 3.05) is 5.32 Å². The van der Waals surface area contributed by atoms with E-state index in [2.05, 4.69) is 10.6 Å². The van der Waals surface area contributed by atoms with E-state index in [-0.39, 0.29) is 11.8 Å². The Balaban J connectivity index is 1.75. The van der Waals surface area contributed by atoms with Gasteiger partial charge < -0.3 is 10.6 Å². The van der Waals surface area contributed by atoms with Crippen molar-refractivity contribution in [1.29, 1.82) is 0 Å². The molecule has 0 saturated carbocycles. The first kappa shape index (κ1) is 14.3. The molecule has 4 heteroatoms. The standard InChI is InChI=1S/C18H18N2O2/c1-18(2)14-9-8-13(10-15(14)20-17(18)22)16(21)19-11-12-6-4-3-5-7-12/h3-10H,11H2,1-2H3,(H,19,21)(H,20,22). The highest BCUT2D eigenvalue weighted by atomic mass is 16.2. The van der Waals surface area contributed by atoms with Gasteiger partial charge in [-0.25, -0.2) is 0 Å². The normalized spacial score (nSPS) is 15.1. The van der Waals surface area contributed by atoms with E-state index in [1.165, 1.54) is 0 Å². The van der Waals surface area contributed by atoms with E-state index in [1.807, 2.05) is 50.2 Å². The molecule has 2 N–H and O–H groups in total. The second-order valence-electron chi connectivity index (χ2n) is 6.01. The van der Waals surface area contributed by atoms with Crippen LogP contribution in [-0.4, -0.2) is 11.8 Å². The lowest BCUT2D eigenvalue weighted by Gasteiger charge is -2.15. The molecule has 1 aliphatic rings. The molecule has 0 aliphatic carbocycles. The van der Waals surface area contributed by atoms with Gasteiger partial charge in [-0.3, -0.25) is 9.59 Å². The Morgan fingerprint density at radius 3 is 2.59 bits per heavy atom. The number of nitrogens with one attached hydrogen (secondary N) is 2. The van der Waals surface area contributed by atoms with Crippen molar-refractivity contribution in [2.24, 2.45) is 0 Å². The lowest BCUT2D eigenvalue weighted by atomic mass is 9.86. The molecule has 3 rings (SSSR count). The van der Waals surface area contributed by atoms with Gasteiger partial charge in [0.15, 0.2) is 0 Å². The summed E-state index contributed by atoms with van der Waals surface area (Å²) >= 11 is 0. The van der Waals surface area contributed by atoms with Crippen LogP contribution in [0.5, 0.6) is 0 Å². The molecule has 2 aromatic carbocycles. The van der Waals surface area contributed by atoms with Crippen molar-refractivity contribution in [3.8, 4) is 0 Å². The van der Waals surface area contributed by atoms with Gasteiger partial charge in [-0.15, -0.1) is 0 Å². The summed E-state index contributed by atoms with van der Waals surface area (Å²) in [4.78, 5) is 24.2. The van der Waals surface area contributed by atoms with Gasteiger partial charge in [0.2, 0.25) is 5.91 Å². The monoisotopic (exact) mass is 294 g/mol. The van der Waals surface area contributed by atoms with Crippen LogP contribution in [0, 0.1) is 0 Å². The average molecular weight is 294 g/mol. The third-order valence-corrected chi connectivity index (χ3v) is 4.07. The highest BCUT2D eigenvalue weighted by Gasteiger charge is 2.38. The van der Waals surface area contributed by atoms with Crippen LogP contribution in [0.15, 0.2) is 48.5 Å². The van der Waals surface area contributed by atoms with Crippen LogP contribution >= 0.6 is 0 Å². The van der Waals surface area contributed by atoms with E-state index in [0.717, 1.165) is 16.8 Å². The molecule has 0 radical (unpaired) electrons. The molecular weight excluding hydrogens is 276 g/mol. The lowest BCUT2D eigenvalue weighted by molar-refractivity contribution is -0.119. The number of rotatable bonds is 3. The molecule has 22 heavy (non-hydrogen) atoms. The molecule has 4 nitrogen and oxygen atoms in total. The molecule has 112 valence electrons. The Bertz CT molecular complexity index is 736. The molecule has 0 bridgehead atoms. The second-order valence-corrected chi connectivity index (χ2v) is 6.01. The van der Waals surface area contributed by atoms with Crippen LogP contribution in [0.25, 0.3) is 0 Å². The smallest absolute Gasteiger partial charge is 0.251 e. The minimum Gasteiger partial charge on any atom is -0.348 e. The first-order chi connectivity index (χ1) is 10.5. The summed E-state index contributed by atoms with van der Waals surface area (Å²) in [5.41, 5.74) is 2.70. The van der Waals surface area contributed by atoms with Crippen LogP contribution < -0.4 is 10.6 Å². The molecule has 1 heterocycles. The van der Waals surface area contributed by atoms with E-state index in [1.54, 1.807) is 12.1 Å². The van der Waals surface area contributed by atoms with Crippen molar-refractivity contribution in [1.82, 2.24) is 5.32 Å². The third kappa shape index (κ3) is 2.48. The van der Waals surface area contributed by atoms with E-state index in [4.69, 9.17) is 0 Å². The number of carbonyl (C=O) groups is 2. The number of fused-ring (bicyclic) bond motifs is 1. The first-order valence-electron chi connectivity index (χ1n) is 7.26. The largest absolute Gasteiger partial charge is 0.348 e. The van der Waals surface area contributed by atoms with Crippen molar-refractivity contribution in [2.45, 2.75) is 25.8 Å². The van der Waals surface area contributed by atoms with Crippen LogP contribution in [0.4, 0.5) is 5.69 Å². The second kappa shape index (κ2) is 5.30. The quantitative estimate of drug-likeness (QED) is 0.914. The fourth-order valence-corrected chi connectivity index (χ4v) is 2.62. The summed E-state index contributed by atoms with van der Waals surface area (Å²) in [6, 6.07) is 15.1. The fourth-order valence-electron chi connectivity index (χ4n) is 2.62. The predicted molar refractivity (Wildman–Crippen MR) is 85.7 cm³/mol. The Morgan fingerprint density at radius 2 is 1.86 bits per heavy atom.